The van der Waals surface area contributed by atoms with Gasteiger partial charge in [0.05, 0.1) is 15.8 Å². The summed E-state index contributed by atoms with van der Waals surface area (Å²) in [5.41, 5.74) is 1.57. The van der Waals surface area contributed by atoms with Gasteiger partial charge in [0.1, 0.15) is 0 Å². The quantitative estimate of drug-likeness (QED) is 0.562. The third-order valence-electron chi connectivity index (χ3n) is 6.65. The number of nitrogens with one attached hydrogen (secondary N) is 1. The van der Waals surface area contributed by atoms with E-state index in [4.69, 9.17) is 0 Å². The molecule has 0 atom stereocenters. The van der Waals surface area contributed by atoms with E-state index in [1.807, 2.05) is 19.9 Å². The van der Waals surface area contributed by atoms with Crippen LogP contribution in [0.4, 0.5) is 5.69 Å². The van der Waals surface area contributed by atoms with Gasteiger partial charge in [-0.2, -0.15) is 0 Å². The van der Waals surface area contributed by atoms with Crippen molar-refractivity contribution in [3.8, 4) is 0 Å². The number of likely N-dealkylation sites (tertiary alicyclic amines) is 1. The monoisotopic (exact) mass is 498 g/mol. The number of hydrogen-bond acceptors (Lipinski definition) is 5. The summed E-state index contributed by atoms with van der Waals surface area (Å²) < 4.78 is 30.9. The number of fused-ring (bicyclic) bond motifs is 1. The Kier molecular flexibility index (Phi) is 6.84. The third-order valence-corrected chi connectivity index (χ3v) is 8.03. The third kappa shape index (κ3) is 5.02. The Morgan fingerprint density at radius 3 is 2.37 bits per heavy atom. The highest BCUT2D eigenvalue weighted by molar-refractivity contribution is 7.92. The van der Waals surface area contributed by atoms with Gasteiger partial charge in [0.2, 0.25) is 5.91 Å². The molecule has 0 spiro atoms. The second kappa shape index (κ2) is 9.69. The zero-order valence-electron chi connectivity index (χ0n) is 20.2. The van der Waals surface area contributed by atoms with E-state index < -0.39 is 21.3 Å². The number of anilines is 1. The first-order valence-corrected chi connectivity index (χ1v) is 13.2. The first-order chi connectivity index (χ1) is 16.6. The van der Waals surface area contributed by atoms with E-state index in [1.165, 1.54) is 29.8 Å². The molecule has 35 heavy (non-hydrogen) atoms. The number of nitrogens with zero attached hydrogens (tertiary/aromatic N) is 3. The Morgan fingerprint density at radius 2 is 1.69 bits per heavy atom. The fourth-order valence-corrected chi connectivity index (χ4v) is 5.46. The minimum absolute atomic E-state index is 0.0347. The van der Waals surface area contributed by atoms with Crippen LogP contribution in [0.5, 0.6) is 0 Å². The molecule has 4 rings (SSSR count). The average Bonchev–Trinajstić information content (AvgIpc) is 2.84. The van der Waals surface area contributed by atoms with Crippen LogP contribution in [-0.2, 0) is 28.4 Å². The summed E-state index contributed by atoms with van der Waals surface area (Å²) in [7, 11) is -2.45. The highest BCUT2D eigenvalue weighted by Crippen LogP contribution is 2.21. The largest absolute Gasteiger partial charge is 0.343 e. The van der Waals surface area contributed by atoms with Crippen molar-refractivity contribution in [2.75, 3.05) is 17.8 Å². The maximum absolute atomic E-state index is 13.2. The number of hydrogen-bond donors (Lipinski definition) is 1. The van der Waals surface area contributed by atoms with E-state index in [9.17, 15) is 22.8 Å². The van der Waals surface area contributed by atoms with Gasteiger partial charge in [-0.15, -0.1) is 0 Å². The number of aryl methyl sites for hydroxylation is 3. The summed E-state index contributed by atoms with van der Waals surface area (Å²) in [6.45, 7) is 5.15. The molecule has 0 radical (unpaired) electrons. The second-order valence-corrected chi connectivity index (χ2v) is 10.8. The Hall–Kier alpha value is -3.40. The second-order valence-electron chi connectivity index (χ2n) is 9.07. The molecule has 1 N–H and O–H groups in total. The summed E-state index contributed by atoms with van der Waals surface area (Å²) in [4.78, 5) is 40.3. The van der Waals surface area contributed by atoms with Gasteiger partial charge in [0.25, 0.3) is 15.6 Å². The number of aromatic nitrogens is 2. The lowest BCUT2D eigenvalue weighted by atomic mass is 10.1. The van der Waals surface area contributed by atoms with Gasteiger partial charge in [0.15, 0.2) is 0 Å². The van der Waals surface area contributed by atoms with E-state index in [0.29, 0.717) is 24.3 Å². The van der Waals surface area contributed by atoms with Gasteiger partial charge in [-0.25, -0.2) is 13.2 Å². The standard InChI is InChI=1S/C25H30N4O5S/c1-17-7-8-19(15-18(17)2)26-35(33,34)20-9-10-22-21(16-20)24(31)29(25(32)27(22)3)14-11-23(30)28-12-5-4-6-13-28/h7-10,15-16,26H,4-6,11-14H2,1-3H3. The van der Waals surface area contributed by atoms with Crippen LogP contribution in [0.15, 0.2) is 50.9 Å². The summed E-state index contributed by atoms with van der Waals surface area (Å²) in [5, 5.41) is 0.0977. The molecule has 1 amide bonds. The Bertz CT molecular complexity index is 1520. The molecule has 0 saturated carbocycles. The Labute approximate surface area is 204 Å². The van der Waals surface area contributed by atoms with Crippen molar-refractivity contribution < 1.29 is 13.2 Å². The lowest BCUT2D eigenvalue weighted by molar-refractivity contribution is -0.132. The molecule has 2 aromatic carbocycles. The predicted molar refractivity (Wildman–Crippen MR) is 135 cm³/mol. The van der Waals surface area contributed by atoms with Crippen LogP contribution in [0, 0.1) is 13.8 Å². The molecule has 0 unspecified atom stereocenters. The highest BCUT2D eigenvalue weighted by Gasteiger charge is 2.20. The van der Waals surface area contributed by atoms with Crippen molar-refractivity contribution in [1.82, 2.24) is 14.0 Å². The van der Waals surface area contributed by atoms with Crippen molar-refractivity contribution in [2.45, 2.75) is 51.0 Å². The van der Waals surface area contributed by atoms with E-state index in [0.717, 1.165) is 35.0 Å². The maximum atomic E-state index is 13.2. The van der Waals surface area contributed by atoms with E-state index in [2.05, 4.69) is 4.72 Å². The first kappa shape index (κ1) is 24.7. The molecular formula is C25H30N4O5S. The van der Waals surface area contributed by atoms with Crippen LogP contribution in [0.3, 0.4) is 0 Å². The SMILES string of the molecule is Cc1ccc(NS(=O)(=O)c2ccc3c(c2)c(=O)n(CCC(=O)N2CCCCC2)c(=O)n3C)cc1C. The van der Waals surface area contributed by atoms with Crippen molar-refractivity contribution in [2.24, 2.45) is 7.05 Å². The van der Waals surface area contributed by atoms with Gasteiger partial charge < -0.3 is 4.90 Å². The average molecular weight is 499 g/mol. The summed E-state index contributed by atoms with van der Waals surface area (Å²) >= 11 is 0. The number of piperidine rings is 1. The van der Waals surface area contributed by atoms with Crippen LogP contribution >= 0.6 is 0 Å². The molecule has 1 fully saturated rings. The van der Waals surface area contributed by atoms with Crippen LogP contribution in [0.1, 0.15) is 36.8 Å². The number of rotatable bonds is 6. The molecule has 0 aliphatic carbocycles. The summed E-state index contributed by atoms with van der Waals surface area (Å²) in [5.74, 6) is -0.0901. The number of carbonyl (C=O) groups is 1. The molecule has 1 saturated heterocycles. The van der Waals surface area contributed by atoms with Crippen molar-refractivity contribution in [3.63, 3.8) is 0 Å². The van der Waals surface area contributed by atoms with Crippen molar-refractivity contribution >= 4 is 32.5 Å². The predicted octanol–water partition coefficient (Wildman–Crippen LogP) is 2.52. The molecule has 1 aliphatic rings. The molecule has 10 heteroatoms. The lowest BCUT2D eigenvalue weighted by Crippen LogP contribution is -2.41. The molecule has 1 aliphatic heterocycles. The van der Waals surface area contributed by atoms with E-state index in [-0.39, 0.29) is 29.2 Å². The van der Waals surface area contributed by atoms with Gasteiger partial charge >= 0.3 is 5.69 Å². The molecule has 2 heterocycles. The van der Waals surface area contributed by atoms with Crippen LogP contribution in [0.2, 0.25) is 0 Å². The topological polar surface area (TPSA) is 110 Å². The molecular weight excluding hydrogens is 468 g/mol. The maximum Gasteiger partial charge on any atom is 0.331 e. The molecule has 3 aromatic rings. The van der Waals surface area contributed by atoms with Crippen molar-refractivity contribution in [3.05, 3.63) is 68.4 Å². The minimum atomic E-state index is -3.97. The van der Waals surface area contributed by atoms with E-state index >= 15 is 0 Å². The highest BCUT2D eigenvalue weighted by atomic mass is 32.2. The molecule has 186 valence electrons. The summed E-state index contributed by atoms with van der Waals surface area (Å²) in [6, 6.07) is 9.35. The lowest BCUT2D eigenvalue weighted by Gasteiger charge is -2.26. The number of sulfonamides is 1. The zero-order chi connectivity index (χ0) is 25.3. The van der Waals surface area contributed by atoms with E-state index in [1.54, 1.807) is 17.0 Å². The van der Waals surface area contributed by atoms with Crippen LogP contribution in [0.25, 0.3) is 10.9 Å². The Morgan fingerprint density at radius 1 is 0.971 bits per heavy atom. The molecule has 9 nitrogen and oxygen atoms in total. The fourth-order valence-electron chi connectivity index (χ4n) is 4.39. The normalized spacial score (nSPS) is 14.3. The van der Waals surface area contributed by atoms with Gasteiger partial charge in [-0.3, -0.25) is 23.4 Å². The number of benzene rings is 2. The van der Waals surface area contributed by atoms with Crippen LogP contribution < -0.4 is 16.0 Å². The van der Waals surface area contributed by atoms with Crippen LogP contribution in [-0.4, -0.2) is 41.4 Å². The minimum Gasteiger partial charge on any atom is -0.343 e. The molecule has 1 aromatic heterocycles. The zero-order valence-corrected chi connectivity index (χ0v) is 21.0. The number of amides is 1. The van der Waals surface area contributed by atoms with Crippen molar-refractivity contribution in [1.29, 1.82) is 0 Å². The fraction of sp³-hybridized carbons (Fsp3) is 0.400. The Balaban J connectivity index is 1.67. The smallest absolute Gasteiger partial charge is 0.331 e. The van der Waals surface area contributed by atoms with Gasteiger partial charge in [0, 0.05) is 38.8 Å². The molecule has 0 bridgehead atoms. The number of carbonyl (C=O) groups excluding carboxylic acids is 1. The summed E-state index contributed by atoms with van der Waals surface area (Å²) in [6.07, 6.45) is 3.04. The van der Waals surface area contributed by atoms with Gasteiger partial charge in [-0.1, -0.05) is 6.07 Å². The first-order valence-electron chi connectivity index (χ1n) is 11.7. The van der Waals surface area contributed by atoms with Gasteiger partial charge in [-0.05, 0) is 74.6 Å².